The Morgan fingerprint density at radius 3 is 2.47 bits per heavy atom. The molecule has 1 atom stereocenters. The predicted molar refractivity (Wildman–Crippen MR) is 79.1 cm³/mol. The summed E-state index contributed by atoms with van der Waals surface area (Å²) in [6.45, 7) is 0. The van der Waals surface area contributed by atoms with Gasteiger partial charge in [0, 0.05) is 18.8 Å². The van der Waals surface area contributed by atoms with Crippen LogP contribution in [0, 0.1) is 0 Å². The Balaban J connectivity index is 2.03. The molecule has 0 spiro atoms. The van der Waals surface area contributed by atoms with E-state index in [2.05, 4.69) is 4.98 Å². The maximum absolute atomic E-state index is 10.1. The van der Waals surface area contributed by atoms with Gasteiger partial charge in [-0.3, -0.25) is 4.98 Å². The Bertz CT molecular complexity index is 574. The largest absolute Gasteiger partial charge is 0.392 e. The Morgan fingerprint density at radius 1 is 1.00 bits per heavy atom. The van der Waals surface area contributed by atoms with Gasteiger partial charge in [0.15, 0.2) is 0 Å². The van der Waals surface area contributed by atoms with Crippen molar-refractivity contribution in [3.05, 3.63) is 62.9 Å². The number of hydrogen-bond donors (Lipinski definition) is 1. The molecule has 0 fully saturated rings. The number of aromatic nitrogens is 1. The molecular formula is C14H12Cl3NO. The van der Waals surface area contributed by atoms with Crippen LogP contribution in [-0.4, -0.2) is 16.2 Å². The molecule has 0 saturated heterocycles. The number of benzene rings is 1. The summed E-state index contributed by atoms with van der Waals surface area (Å²) >= 11 is 17.8. The highest BCUT2D eigenvalue weighted by Crippen LogP contribution is 2.24. The van der Waals surface area contributed by atoms with Crippen LogP contribution in [0.3, 0.4) is 0 Å². The molecule has 0 amide bonds. The standard InChI is InChI=1S/C14H12Cl3NO/c15-12-2-1-9(6-13(12)16)5-11(19)7-10-3-4-18-8-14(10)17/h1-4,6,8,11,19H,5,7H2. The van der Waals surface area contributed by atoms with Crippen molar-refractivity contribution in [2.75, 3.05) is 0 Å². The molecule has 0 aliphatic rings. The fraction of sp³-hybridized carbons (Fsp3) is 0.214. The highest BCUT2D eigenvalue weighted by atomic mass is 35.5. The molecule has 0 saturated carbocycles. The molecule has 0 aliphatic carbocycles. The second-order valence-electron chi connectivity index (χ2n) is 4.28. The molecule has 2 aromatic rings. The maximum Gasteiger partial charge on any atom is 0.0622 e. The normalized spacial score (nSPS) is 12.4. The number of hydrogen-bond acceptors (Lipinski definition) is 2. The Labute approximate surface area is 127 Å². The summed E-state index contributed by atoms with van der Waals surface area (Å²) in [5.41, 5.74) is 1.82. The van der Waals surface area contributed by atoms with Crippen LogP contribution < -0.4 is 0 Å². The predicted octanol–water partition coefficient (Wildman–Crippen LogP) is 4.19. The quantitative estimate of drug-likeness (QED) is 0.917. The van der Waals surface area contributed by atoms with E-state index >= 15 is 0 Å². The Hall–Kier alpha value is -0.800. The summed E-state index contributed by atoms with van der Waals surface area (Å²) in [7, 11) is 0. The number of rotatable bonds is 4. The summed E-state index contributed by atoms with van der Waals surface area (Å²) in [4.78, 5) is 3.91. The second-order valence-corrected chi connectivity index (χ2v) is 5.50. The van der Waals surface area contributed by atoms with Crippen LogP contribution in [0.15, 0.2) is 36.7 Å². The van der Waals surface area contributed by atoms with Crippen LogP contribution in [0.5, 0.6) is 0 Å². The molecule has 1 unspecified atom stereocenters. The lowest BCUT2D eigenvalue weighted by atomic mass is 10.0. The van der Waals surface area contributed by atoms with Gasteiger partial charge >= 0.3 is 0 Å². The summed E-state index contributed by atoms with van der Waals surface area (Å²) in [5, 5.41) is 11.7. The number of aliphatic hydroxyl groups excluding tert-OH is 1. The molecule has 2 nitrogen and oxygen atoms in total. The fourth-order valence-corrected chi connectivity index (χ4v) is 2.35. The lowest BCUT2D eigenvalue weighted by Crippen LogP contribution is -2.14. The van der Waals surface area contributed by atoms with Gasteiger partial charge in [-0.25, -0.2) is 0 Å². The number of pyridine rings is 1. The summed E-state index contributed by atoms with van der Waals surface area (Å²) in [5.74, 6) is 0. The van der Waals surface area contributed by atoms with Crippen molar-refractivity contribution < 1.29 is 5.11 Å². The van der Waals surface area contributed by atoms with Crippen molar-refractivity contribution in [1.82, 2.24) is 4.98 Å². The molecule has 0 bridgehead atoms. The molecular weight excluding hydrogens is 305 g/mol. The number of halogens is 3. The first-order valence-corrected chi connectivity index (χ1v) is 6.90. The maximum atomic E-state index is 10.1. The van der Waals surface area contributed by atoms with Crippen LogP contribution >= 0.6 is 34.8 Å². The third-order valence-electron chi connectivity index (χ3n) is 2.77. The van der Waals surface area contributed by atoms with E-state index in [4.69, 9.17) is 34.8 Å². The summed E-state index contributed by atoms with van der Waals surface area (Å²) in [6.07, 6.45) is 3.67. The number of nitrogens with zero attached hydrogens (tertiary/aromatic N) is 1. The van der Waals surface area contributed by atoms with Crippen LogP contribution in [0.1, 0.15) is 11.1 Å². The molecule has 1 N–H and O–H groups in total. The van der Waals surface area contributed by atoms with Gasteiger partial charge in [0.05, 0.1) is 21.2 Å². The van der Waals surface area contributed by atoms with Gasteiger partial charge in [-0.2, -0.15) is 0 Å². The molecule has 2 rings (SSSR count). The van der Waals surface area contributed by atoms with E-state index < -0.39 is 6.10 Å². The minimum absolute atomic E-state index is 0.474. The van der Waals surface area contributed by atoms with Gasteiger partial charge in [-0.1, -0.05) is 40.9 Å². The SMILES string of the molecule is OC(Cc1ccc(Cl)c(Cl)c1)Cc1ccncc1Cl. The van der Waals surface area contributed by atoms with Crippen molar-refractivity contribution >= 4 is 34.8 Å². The van der Waals surface area contributed by atoms with Crippen molar-refractivity contribution in [1.29, 1.82) is 0 Å². The van der Waals surface area contributed by atoms with Crippen LogP contribution in [0.2, 0.25) is 15.1 Å². The van der Waals surface area contributed by atoms with E-state index in [0.717, 1.165) is 11.1 Å². The van der Waals surface area contributed by atoms with Crippen molar-refractivity contribution in [3.63, 3.8) is 0 Å². The second kappa shape index (κ2) is 6.58. The van der Waals surface area contributed by atoms with Gasteiger partial charge in [-0.15, -0.1) is 0 Å². The minimum atomic E-state index is -0.530. The van der Waals surface area contributed by atoms with Crippen LogP contribution in [0.4, 0.5) is 0 Å². The van der Waals surface area contributed by atoms with Crippen molar-refractivity contribution in [3.8, 4) is 0 Å². The average molecular weight is 317 g/mol. The highest BCUT2D eigenvalue weighted by molar-refractivity contribution is 6.42. The zero-order valence-electron chi connectivity index (χ0n) is 9.98. The van der Waals surface area contributed by atoms with Gasteiger partial charge in [0.1, 0.15) is 0 Å². The first kappa shape index (κ1) is 14.6. The van der Waals surface area contributed by atoms with Crippen molar-refractivity contribution in [2.24, 2.45) is 0 Å². The summed E-state index contributed by atoms with van der Waals surface area (Å²) < 4.78 is 0. The van der Waals surface area contributed by atoms with Gasteiger partial charge in [0.2, 0.25) is 0 Å². The topological polar surface area (TPSA) is 33.1 Å². The molecule has 0 aliphatic heterocycles. The van der Waals surface area contributed by atoms with E-state index in [-0.39, 0.29) is 0 Å². The first-order valence-electron chi connectivity index (χ1n) is 5.76. The smallest absolute Gasteiger partial charge is 0.0622 e. The highest BCUT2D eigenvalue weighted by Gasteiger charge is 2.10. The monoisotopic (exact) mass is 315 g/mol. The Morgan fingerprint density at radius 2 is 1.79 bits per heavy atom. The lowest BCUT2D eigenvalue weighted by molar-refractivity contribution is 0.175. The van der Waals surface area contributed by atoms with E-state index in [1.54, 1.807) is 30.6 Å². The molecule has 1 aromatic carbocycles. The third kappa shape index (κ3) is 4.08. The van der Waals surface area contributed by atoms with E-state index in [1.807, 2.05) is 6.07 Å². The zero-order chi connectivity index (χ0) is 13.8. The van der Waals surface area contributed by atoms with E-state index in [9.17, 15) is 5.11 Å². The van der Waals surface area contributed by atoms with Crippen molar-refractivity contribution in [2.45, 2.75) is 18.9 Å². The third-order valence-corrected chi connectivity index (χ3v) is 3.85. The molecule has 1 heterocycles. The van der Waals surface area contributed by atoms with Crippen LogP contribution in [0.25, 0.3) is 0 Å². The van der Waals surface area contributed by atoms with E-state index in [1.165, 1.54) is 0 Å². The lowest BCUT2D eigenvalue weighted by Gasteiger charge is -2.12. The van der Waals surface area contributed by atoms with Gasteiger partial charge < -0.3 is 5.11 Å². The molecule has 100 valence electrons. The zero-order valence-corrected chi connectivity index (χ0v) is 12.3. The average Bonchev–Trinajstić information content (AvgIpc) is 2.37. The summed E-state index contributed by atoms with van der Waals surface area (Å²) in [6, 6.07) is 7.15. The number of aliphatic hydroxyl groups is 1. The van der Waals surface area contributed by atoms with Gasteiger partial charge in [0.25, 0.3) is 0 Å². The van der Waals surface area contributed by atoms with Crippen LogP contribution in [-0.2, 0) is 12.8 Å². The molecule has 0 radical (unpaired) electrons. The minimum Gasteiger partial charge on any atom is -0.392 e. The molecule has 19 heavy (non-hydrogen) atoms. The fourth-order valence-electron chi connectivity index (χ4n) is 1.83. The first-order chi connectivity index (χ1) is 9.06. The molecule has 1 aromatic heterocycles. The van der Waals surface area contributed by atoms with Gasteiger partial charge in [-0.05, 0) is 35.7 Å². The molecule has 5 heteroatoms. The van der Waals surface area contributed by atoms with E-state index in [0.29, 0.717) is 27.9 Å². The Kier molecular flexibility index (Phi) is 5.06.